The molecule has 0 aliphatic carbocycles. The van der Waals surface area contributed by atoms with E-state index in [1.54, 1.807) is 12.1 Å². The van der Waals surface area contributed by atoms with Crippen LogP contribution in [0.4, 0.5) is 4.39 Å². The van der Waals surface area contributed by atoms with E-state index in [9.17, 15) is 9.18 Å². The SMILES string of the molecule is O=C(CCOc1cccc(F)c1)N1CCCC(CCO)C1. The van der Waals surface area contributed by atoms with Crippen LogP contribution in [-0.2, 0) is 4.79 Å². The lowest BCUT2D eigenvalue weighted by Crippen LogP contribution is -2.40. The number of carbonyl (C=O) groups excluding carboxylic acids is 1. The molecule has 0 saturated carbocycles. The minimum absolute atomic E-state index is 0.0639. The average molecular weight is 295 g/mol. The Labute approximate surface area is 124 Å². The van der Waals surface area contributed by atoms with Crippen molar-refractivity contribution >= 4 is 5.91 Å². The molecule has 4 nitrogen and oxygen atoms in total. The Morgan fingerprint density at radius 1 is 1.48 bits per heavy atom. The summed E-state index contributed by atoms with van der Waals surface area (Å²) in [6.07, 6.45) is 3.11. The summed E-state index contributed by atoms with van der Waals surface area (Å²) in [7, 11) is 0. The van der Waals surface area contributed by atoms with Gasteiger partial charge in [0, 0.05) is 25.8 Å². The van der Waals surface area contributed by atoms with Gasteiger partial charge in [0.15, 0.2) is 0 Å². The second kappa shape index (κ2) is 7.98. The lowest BCUT2D eigenvalue weighted by Gasteiger charge is -2.32. The molecule has 1 aliphatic rings. The van der Waals surface area contributed by atoms with E-state index >= 15 is 0 Å². The molecule has 0 radical (unpaired) electrons. The summed E-state index contributed by atoms with van der Waals surface area (Å²) in [6.45, 7) is 1.93. The smallest absolute Gasteiger partial charge is 0.226 e. The number of hydrogen-bond donors (Lipinski definition) is 1. The van der Waals surface area contributed by atoms with E-state index in [1.807, 2.05) is 4.90 Å². The van der Waals surface area contributed by atoms with Gasteiger partial charge in [0.1, 0.15) is 11.6 Å². The molecule has 1 heterocycles. The zero-order chi connectivity index (χ0) is 15.1. The van der Waals surface area contributed by atoms with Crippen molar-refractivity contribution in [2.75, 3.05) is 26.3 Å². The molecule has 1 aliphatic heterocycles. The summed E-state index contributed by atoms with van der Waals surface area (Å²) in [4.78, 5) is 14.0. The first-order valence-corrected chi connectivity index (χ1v) is 7.46. The summed E-state index contributed by atoms with van der Waals surface area (Å²) in [6, 6.07) is 5.91. The maximum atomic E-state index is 13.0. The van der Waals surface area contributed by atoms with Crippen molar-refractivity contribution in [3.05, 3.63) is 30.1 Å². The average Bonchev–Trinajstić information content (AvgIpc) is 2.48. The minimum atomic E-state index is -0.346. The number of ether oxygens (including phenoxy) is 1. The largest absolute Gasteiger partial charge is 0.493 e. The molecule has 116 valence electrons. The third-order valence-electron chi connectivity index (χ3n) is 3.79. The third kappa shape index (κ3) is 5.01. The van der Waals surface area contributed by atoms with E-state index in [0.29, 0.717) is 18.1 Å². The lowest BCUT2D eigenvalue weighted by molar-refractivity contribution is -0.133. The first kappa shape index (κ1) is 15.8. The van der Waals surface area contributed by atoms with Crippen LogP contribution in [-0.4, -0.2) is 42.2 Å². The molecule has 1 amide bonds. The van der Waals surface area contributed by atoms with Gasteiger partial charge in [-0.15, -0.1) is 0 Å². The molecule has 21 heavy (non-hydrogen) atoms. The van der Waals surface area contributed by atoms with E-state index in [-0.39, 0.29) is 24.9 Å². The van der Waals surface area contributed by atoms with Crippen molar-refractivity contribution in [3.8, 4) is 5.75 Å². The molecule has 0 bridgehead atoms. The van der Waals surface area contributed by atoms with Gasteiger partial charge in [-0.2, -0.15) is 0 Å². The predicted molar refractivity (Wildman–Crippen MR) is 77.5 cm³/mol. The first-order valence-electron chi connectivity index (χ1n) is 7.46. The highest BCUT2D eigenvalue weighted by Gasteiger charge is 2.22. The number of aliphatic hydroxyl groups excluding tert-OH is 1. The summed E-state index contributed by atoms with van der Waals surface area (Å²) >= 11 is 0. The number of halogens is 1. The van der Waals surface area contributed by atoms with Gasteiger partial charge < -0.3 is 14.7 Å². The van der Waals surface area contributed by atoms with Crippen LogP contribution in [0.1, 0.15) is 25.7 Å². The van der Waals surface area contributed by atoms with Gasteiger partial charge in [0.2, 0.25) is 5.91 Å². The van der Waals surface area contributed by atoms with Crippen molar-refractivity contribution in [3.63, 3.8) is 0 Å². The van der Waals surface area contributed by atoms with Gasteiger partial charge in [-0.3, -0.25) is 4.79 Å². The second-order valence-electron chi connectivity index (χ2n) is 5.42. The highest BCUT2D eigenvalue weighted by Crippen LogP contribution is 2.20. The van der Waals surface area contributed by atoms with Crippen LogP contribution >= 0.6 is 0 Å². The van der Waals surface area contributed by atoms with Crippen molar-refractivity contribution in [2.24, 2.45) is 5.92 Å². The van der Waals surface area contributed by atoms with Gasteiger partial charge in [0.25, 0.3) is 0 Å². The minimum Gasteiger partial charge on any atom is -0.493 e. The molecular formula is C16H22FNO3. The Morgan fingerprint density at radius 3 is 3.10 bits per heavy atom. The molecule has 1 N–H and O–H groups in total. The number of carbonyl (C=O) groups is 1. The quantitative estimate of drug-likeness (QED) is 0.875. The maximum Gasteiger partial charge on any atom is 0.226 e. The topological polar surface area (TPSA) is 49.8 Å². The van der Waals surface area contributed by atoms with Gasteiger partial charge in [-0.25, -0.2) is 4.39 Å². The third-order valence-corrected chi connectivity index (χ3v) is 3.79. The molecule has 2 rings (SSSR count). The van der Waals surface area contributed by atoms with Crippen LogP contribution in [0.2, 0.25) is 0 Å². The van der Waals surface area contributed by atoms with Crippen LogP contribution in [0.15, 0.2) is 24.3 Å². The van der Waals surface area contributed by atoms with Gasteiger partial charge in [-0.05, 0) is 37.3 Å². The number of hydrogen-bond acceptors (Lipinski definition) is 3. The molecular weight excluding hydrogens is 273 g/mol. The molecule has 5 heteroatoms. The second-order valence-corrected chi connectivity index (χ2v) is 5.42. The Kier molecular flexibility index (Phi) is 5.99. The van der Waals surface area contributed by atoms with Crippen LogP contribution in [0, 0.1) is 11.7 Å². The molecule has 0 spiro atoms. The van der Waals surface area contributed by atoms with Crippen LogP contribution < -0.4 is 4.74 Å². The fourth-order valence-corrected chi connectivity index (χ4v) is 2.68. The molecule has 1 aromatic carbocycles. The molecule has 1 unspecified atom stereocenters. The molecule has 1 saturated heterocycles. The summed E-state index contributed by atoms with van der Waals surface area (Å²) in [5.41, 5.74) is 0. The normalized spacial score (nSPS) is 18.6. The maximum absolute atomic E-state index is 13.0. The number of piperidine rings is 1. The van der Waals surface area contributed by atoms with Crippen molar-refractivity contribution in [2.45, 2.75) is 25.7 Å². The summed E-state index contributed by atoms with van der Waals surface area (Å²) in [5, 5.41) is 8.98. The Bertz CT molecular complexity index is 465. The van der Waals surface area contributed by atoms with E-state index in [0.717, 1.165) is 32.4 Å². The standard InChI is InChI=1S/C16H22FNO3/c17-14-4-1-5-15(11-14)21-10-7-16(20)18-8-2-3-13(12-18)6-9-19/h1,4-5,11,13,19H,2-3,6-10,12H2. The van der Waals surface area contributed by atoms with Crippen LogP contribution in [0.3, 0.4) is 0 Å². The van der Waals surface area contributed by atoms with Crippen molar-refractivity contribution in [1.29, 1.82) is 0 Å². The number of likely N-dealkylation sites (tertiary alicyclic amines) is 1. The van der Waals surface area contributed by atoms with Crippen LogP contribution in [0.25, 0.3) is 0 Å². The van der Waals surface area contributed by atoms with Crippen molar-refractivity contribution in [1.82, 2.24) is 4.90 Å². The Hall–Kier alpha value is -1.62. The summed E-state index contributed by atoms with van der Waals surface area (Å²) in [5.74, 6) is 0.562. The number of aliphatic hydroxyl groups is 1. The van der Waals surface area contributed by atoms with E-state index < -0.39 is 0 Å². The van der Waals surface area contributed by atoms with Crippen LogP contribution in [0.5, 0.6) is 5.75 Å². The Balaban J connectivity index is 1.74. The number of nitrogens with zero attached hydrogens (tertiary/aromatic N) is 1. The fraction of sp³-hybridized carbons (Fsp3) is 0.562. The lowest BCUT2D eigenvalue weighted by atomic mass is 9.95. The molecule has 1 fully saturated rings. The number of rotatable bonds is 6. The fourth-order valence-electron chi connectivity index (χ4n) is 2.68. The van der Waals surface area contributed by atoms with E-state index in [4.69, 9.17) is 9.84 Å². The highest BCUT2D eigenvalue weighted by atomic mass is 19.1. The molecule has 0 aromatic heterocycles. The van der Waals surface area contributed by atoms with E-state index in [2.05, 4.69) is 0 Å². The first-order chi connectivity index (χ1) is 10.2. The molecule has 1 aromatic rings. The zero-order valence-electron chi connectivity index (χ0n) is 12.1. The monoisotopic (exact) mass is 295 g/mol. The number of amides is 1. The highest BCUT2D eigenvalue weighted by molar-refractivity contribution is 5.76. The van der Waals surface area contributed by atoms with Gasteiger partial charge in [0.05, 0.1) is 13.0 Å². The van der Waals surface area contributed by atoms with Crippen molar-refractivity contribution < 1.29 is 19.0 Å². The predicted octanol–water partition coefficient (Wildman–Crippen LogP) is 2.22. The Morgan fingerprint density at radius 2 is 2.33 bits per heavy atom. The number of benzene rings is 1. The molecule has 1 atom stereocenters. The summed E-state index contributed by atoms with van der Waals surface area (Å²) < 4.78 is 18.4. The van der Waals surface area contributed by atoms with Gasteiger partial charge in [-0.1, -0.05) is 6.07 Å². The van der Waals surface area contributed by atoms with Gasteiger partial charge >= 0.3 is 0 Å². The van der Waals surface area contributed by atoms with E-state index in [1.165, 1.54) is 12.1 Å². The zero-order valence-corrected chi connectivity index (χ0v) is 12.1.